The second-order valence-electron chi connectivity index (χ2n) is 6.40. The van der Waals surface area contributed by atoms with Crippen molar-refractivity contribution in [3.63, 3.8) is 0 Å². The molecule has 27 heavy (non-hydrogen) atoms. The van der Waals surface area contributed by atoms with E-state index >= 15 is 0 Å². The van der Waals surface area contributed by atoms with E-state index in [-0.39, 0.29) is 17.6 Å². The lowest BCUT2D eigenvalue weighted by atomic mass is 10.2. The fraction of sp³-hybridized carbons (Fsp3) is 0.300. The zero-order chi connectivity index (χ0) is 19.4. The molecule has 0 radical (unpaired) electrons. The Kier molecular flexibility index (Phi) is 5.59. The number of halogens is 1. The third kappa shape index (κ3) is 4.36. The summed E-state index contributed by atoms with van der Waals surface area (Å²) in [4.78, 5) is 26.0. The Morgan fingerprint density at radius 2 is 1.89 bits per heavy atom. The molecular weight excluding hydrogens is 349 g/mol. The van der Waals surface area contributed by atoms with Crippen molar-refractivity contribution in [3.8, 4) is 5.75 Å². The topological polar surface area (TPSA) is 70.7 Å². The molecule has 1 aliphatic heterocycles. The SMILES string of the molecule is COc1cc(N[C@@H](C)C(=O)Nc2ccc(F)cc2)ccc1N1CCCC1=O. The summed E-state index contributed by atoms with van der Waals surface area (Å²) in [7, 11) is 1.55. The van der Waals surface area contributed by atoms with Crippen molar-refractivity contribution >= 4 is 28.9 Å². The molecule has 0 bridgehead atoms. The van der Waals surface area contributed by atoms with Gasteiger partial charge in [-0.2, -0.15) is 0 Å². The number of carbonyl (C=O) groups excluding carboxylic acids is 2. The standard InChI is InChI=1S/C20H22FN3O3/c1-13(20(26)23-15-7-5-14(21)6-8-15)22-16-9-10-17(18(12-16)27-2)24-11-3-4-19(24)25/h5-10,12-13,22H,3-4,11H2,1-2H3,(H,23,26)/t13-/m0/s1. The maximum Gasteiger partial charge on any atom is 0.246 e. The first-order valence-electron chi connectivity index (χ1n) is 8.79. The minimum atomic E-state index is -0.529. The van der Waals surface area contributed by atoms with Crippen molar-refractivity contribution in [1.29, 1.82) is 0 Å². The number of benzene rings is 2. The van der Waals surface area contributed by atoms with Gasteiger partial charge in [0.05, 0.1) is 12.8 Å². The maximum absolute atomic E-state index is 12.9. The highest BCUT2D eigenvalue weighted by Gasteiger charge is 2.24. The van der Waals surface area contributed by atoms with Crippen LogP contribution in [0, 0.1) is 5.82 Å². The molecule has 1 saturated heterocycles. The first-order valence-corrected chi connectivity index (χ1v) is 8.79. The van der Waals surface area contributed by atoms with Crippen molar-refractivity contribution < 1.29 is 18.7 Å². The average Bonchev–Trinajstić information content (AvgIpc) is 3.09. The number of anilines is 3. The highest BCUT2D eigenvalue weighted by Crippen LogP contribution is 2.34. The van der Waals surface area contributed by atoms with Crippen LogP contribution in [-0.4, -0.2) is 31.5 Å². The van der Waals surface area contributed by atoms with Gasteiger partial charge in [0, 0.05) is 30.4 Å². The second kappa shape index (κ2) is 8.07. The van der Waals surface area contributed by atoms with E-state index in [2.05, 4.69) is 10.6 Å². The number of hydrogen-bond donors (Lipinski definition) is 2. The van der Waals surface area contributed by atoms with Crippen LogP contribution >= 0.6 is 0 Å². The summed E-state index contributed by atoms with van der Waals surface area (Å²) < 4.78 is 18.4. The molecule has 1 fully saturated rings. The Morgan fingerprint density at radius 3 is 2.52 bits per heavy atom. The van der Waals surface area contributed by atoms with Crippen molar-refractivity contribution in [3.05, 3.63) is 48.3 Å². The molecule has 0 spiro atoms. The Balaban J connectivity index is 1.68. The number of ether oxygens (including phenoxy) is 1. The fourth-order valence-electron chi connectivity index (χ4n) is 2.99. The van der Waals surface area contributed by atoms with Crippen LogP contribution in [0.4, 0.5) is 21.5 Å². The van der Waals surface area contributed by atoms with Crippen LogP contribution in [0.1, 0.15) is 19.8 Å². The summed E-state index contributed by atoms with van der Waals surface area (Å²) in [6.07, 6.45) is 1.38. The summed E-state index contributed by atoms with van der Waals surface area (Å²) in [6, 6.07) is 10.4. The van der Waals surface area contributed by atoms with E-state index in [0.717, 1.165) is 12.1 Å². The van der Waals surface area contributed by atoms with Crippen LogP contribution in [0.2, 0.25) is 0 Å². The summed E-state index contributed by atoms with van der Waals surface area (Å²) in [5.74, 6) is 0.0460. The molecule has 0 aliphatic carbocycles. The Bertz CT molecular complexity index is 839. The molecule has 2 aromatic rings. The predicted octanol–water partition coefficient (Wildman–Crippen LogP) is 3.40. The average molecular weight is 371 g/mol. The monoisotopic (exact) mass is 371 g/mol. The van der Waals surface area contributed by atoms with Gasteiger partial charge in [-0.3, -0.25) is 9.59 Å². The normalized spacial score (nSPS) is 14.8. The van der Waals surface area contributed by atoms with Crippen LogP contribution in [0.25, 0.3) is 0 Å². The zero-order valence-electron chi connectivity index (χ0n) is 15.3. The largest absolute Gasteiger partial charge is 0.494 e. The Labute approximate surface area is 157 Å². The van der Waals surface area contributed by atoms with E-state index < -0.39 is 6.04 Å². The van der Waals surface area contributed by atoms with E-state index in [9.17, 15) is 14.0 Å². The Morgan fingerprint density at radius 1 is 1.19 bits per heavy atom. The maximum atomic E-state index is 12.9. The van der Waals surface area contributed by atoms with Crippen molar-refractivity contribution in [2.75, 3.05) is 29.2 Å². The van der Waals surface area contributed by atoms with Crippen LogP contribution in [-0.2, 0) is 9.59 Å². The number of carbonyl (C=O) groups is 2. The minimum Gasteiger partial charge on any atom is -0.494 e. The molecular formula is C20H22FN3O3. The number of methoxy groups -OCH3 is 1. The number of nitrogens with zero attached hydrogens (tertiary/aromatic N) is 1. The van der Waals surface area contributed by atoms with E-state index in [1.165, 1.54) is 24.3 Å². The molecule has 2 amide bonds. The van der Waals surface area contributed by atoms with Gasteiger partial charge in [-0.25, -0.2) is 4.39 Å². The van der Waals surface area contributed by atoms with E-state index in [4.69, 9.17) is 4.74 Å². The molecule has 3 rings (SSSR count). The van der Waals surface area contributed by atoms with Gasteiger partial charge in [0.2, 0.25) is 11.8 Å². The summed E-state index contributed by atoms with van der Waals surface area (Å²) in [5.41, 5.74) is 1.95. The molecule has 1 aliphatic rings. The molecule has 7 heteroatoms. The van der Waals surface area contributed by atoms with Gasteiger partial charge in [-0.15, -0.1) is 0 Å². The van der Waals surface area contributed by atoms with Gasteiger partial charge < -0.3 is 20.3 Å². The van der Waals surface area contributed by atoms with Gasteiger partial charge in [0.25, 0.3) is 0 Å². The van der Waals surface area contributed by atoms with Gasteiger partial charge in [-0.1, -0.05) is 0 Å². The number of amides is 2. The molecule has 0 unspecified atom stereocenters. The third-order valence-electron chi connectivity index (χ3n) is 4.43. The lowest BCUT2D eigenvalue weighted by molar-refractivity contribution is -0.117. The van der Waals surface area contributed by atoms with E-state index in [1.54, 1.807) is 25.0 Å². The van der Waals surface area contributed by atoms with Crippen molar-refractivity contribution in [2.24, 2.45) is 0 Å². The molecule has 1 heterocycles. The lowest BCUT2D eigenvalue weighted by Gasteiger charge is -2.21. The molecule has 2 N–H and O–H groups in total. The van der Waals surface area contributed by atoms with Crippen molar-refractivity contribution in [2.45, 2.75) is 25.8 Å². The van der Waals surface area contributed by atoms with Crippen LogP contribution in [0.15, 0.2) is 42.5 Å². The van der Waals surface area contributed by atoms with Crippen LogP contribution in [0.5, 0.6) is 5.75 Å². The molecule has 2 aromatic carbocycles. The summed E-state index contributed by atoms with van der Waals surface area (Å²) >= 11 is 0. The van der Waals surface area contributed by atoms with Crippen LogP contribution in [0.3, 0.4) is 0 Å². The molecule has 0 saturated carbocycles. The van der Waals surface area contributed by atoms with Gasteiger partial charge in [-0.05, 0) is 49.7 Å². The highest BCUT2D eigenvalue weighted by molar-refractivity contribution is 5.98. The first kappa shape index (κ1) is 18.7. The fourth-order valence-corrected chi connectivity index (χ4v) is 2.99. The van der Waals surface area contributed by atoms with Crippen LogP contribution < -0.4 is 20.3 Å². The molecule has 1 atom stereocenters. The van der Waals surface area contributed by atoms with Crippen molar-refractivity contribution in [1.82, 2.24) is 0 Å². The zero-order valence-corrected chi connectivity index (χ0v) is 15.3. The number of hydrogen-bond acceptors (Lipinski definition) is 4. The quantitative estimate of drug-likeness (QED) is 0.817. The lowest BCUT2D eigenvalue weighted by Crippen LogP contribution is -2.32. The van der Waals surface area contributed by atoms with E-state index in [0.29, 0.717) is 30.1 Å². The van der Waals surface area contributed by atoms with Gasteiger partial charge in [0.15, 0.2) is 0 Å². The summed E-state index contributed by atoms with van der Waals surface area (Å²) in [6.45, 7) is 2.40. The number of rotatable bonds is 6. The summed E-state index contributed by atoms with van der Waals surface area (Å²) in [5, 5.41) is 5.83. The smallest absolute Gasteiger partial charge is 0.246 e. The van der Waals surface area contributed by atoms with Gasteiger partial charge in [0.1, 0.15) is 17.6 Å². The predicted molar refractivity (Wildman–Crippen MR) is 103 cm³/mol. The number of nitrogens with one attached hydrogen (secondary N) is 2. The third-order valence-corrected chi connectivity index (χ3v) is 4.43. The van der Waals surface area contributed by atoms with E-state index in [1.807, 2.05) is 12.1 Å². The first-order chi connectivity index (χ1) is 13.0. The Hall–Kier alpha value is -3.09. The molecule has 0 aromatic heterocycles. The minimum absolute atomic E-state index is 0.0843. The second-order valence-corrected chi connectivity index (χ2v) is 6.40. The van der Waals surface area contributed by atoms with Gasteiger partial charge >= 0.3 is 0 Å². The highest BCUT2D eigenvalue weighted by atomic mass is 19.1. The molecule has 6 nitrogen and oxygen atoms in total. The molecule has 142 valence electrons.